The van der Waals surface area contributed by atoms with Gasteiger partial charge in [-0.2, -0.15) is 0 Å². The second kappa shape index (κ2) is 9.33. The molecule has 2 aromatic heterocycles. The Morgan fingerprint density at radius 2 is 1.79 bits per heavy atom. The maximum Gasteiger partial charge on any atom is 0.338 e. The third-order valence-electron chi connectivity index (χ3n) is 3.85. The first-order valence-electron chi connectivity index (χ1n) is 8.97. The van der Waals surface area contributed by atoms with E-state index in [1.807, 2.05) is 23.7 Å². The number of nitrogens with zero attached hydrogens (tertiary/aromatic N) is 4. The van der Waals surface area contributed by atoms with Gasteiger partial charge in [0.1, 0.15) is 0 Å². The van der Waals surface area contributed by atoms with Crippen LogP contribution in [0.15, 0.2) is 53.9 Å². The lowest BCUT2D eigenvalue weighted by Crippen LogP contribution is -2.15. The highest BCUT2D eigenvalue weighted by molar-refractivity contribution is 7.99. The summed E-state index contributed by atoms with van der Waals surface area (Å²) in [6.45, 7) is 3.59. The van der Waals surface area contributed by atoms with Crippen molar-refractivity contribution < 1.29 is 14.3 Å². The molecule has 0 fully saturated rings. The molecule has 0 saturated carbocycles. The molecule has 8 nitrogen and oxygen atoms in total. The third-order valence-corrected chi connectivity index (χ3v) is 4.87. The van der Waals surface area contributed by atoms with E-state index in [1.54, 1.807) is 50.5 Å². The van der Waals surface area contributed by atoms with Gasteiger partial charge in [-0.05, 0) is 50.2 Å². The first-order chi connectivity index (χ1) is 13.9. The summed E-state index contributed by atoms with van der Waals surface area (Å²) in [7, 11) is 1.85. The topological polar surface area (TPSA) is 99.0 Å². The second-order valence-electron chi connectivity index (χ2n) is 6.47. The molecule has 0 saturated heterocycles. The molecule has 0 unspecified atom stereocenters. The number of anilines is 1. The number of hydrogen-bond acceptors (Lipinski definition) is 7. The highest BCUT2D eigenvalue weighted by Gasteiger charge is 2.13. The fourth-order valence-corrected chi connectivity index (χ4v) is 3.20. The van der Waals surface area contributed by atoms with Gasteiger partial charge in [0.15, 0.2) is 11.0 Å². The molecule has 1 aromatic carbocycles. The van der Waals surface area contributed by atoms with E-state index in [-0.39, 0.29) is 23.7 Å². The lowest BCUT2D eigenvalue weighted by Gasteiger charge is -2.09. The number of aromatic nitrogens is 4. The Bertz CT molecular complexity index is 987. The Morgan fingerprint density at radius 1 is 1.10 bits per heavy atom. The number of amides is 1. The van der Waals surface area contributed by atoms with Crippen LogP contribution in [0.4, 0.5) is 5.69 Å². The largest absolute Gasteiger partial charge is 0.459 e. The van der Waals surface area contributed by atoms with Gasteiger partial charge in [0, 0.05) is 30.7 Å². The summed E-state index contributed by atoms with van der Waals surface area (Å²) in [6, 6.07) is 10.3. The van der Waals surface area contributed by atoms with Crippen LogP contribution in [0, 0.1) is 0 Å². The minimum Gasteiger partial charge on any atom is -0.459 e. The van der Waals surface area contributed by atoms with E-state index in [4.69, 9.17) is 4.74 Å². The number of pyridine rings is 1. The molecule has 3 rings (SSSR count). The summed E-state index contributed by atoms with van der Waals surface area (Å²) in [5, 5.41) is 11.8. The molecule has 150 valence electrons. The fourth-order valence-electron chi connectivity index (χ4n) is 2.49. The normalized spacial score (nSPS) is 10.8. The lowest BCUT2D eigenvalue weighted by molar-refractivity contribution is -0.113. The zero-order valence-corrected chi connectivity index (χ0v) is 17.1. The van der Waals surface area contributed by atoms with Crippen LogP contribution in [0.25, 0.3) is 11.4 Å². The van der Waals surface area contributed by atoms with Gasteiger partial charge in [-0.1, -0.05) is 11.8 Å². The van der Waals surface area contributed by atoms with Crippen molar-refractivity contribution in [2.75, 3.05) is 11.1 Å². The summed E-state index contributed by atoms with van der Waals surface area (Å²) in [5.41, 5.74) is 1.95. The van der Waals surface area contributed by atoms with Crippen molar-refractivity contribution >= 4 is 29.3 Å². The van der Waals surface area contributed by atoms with Crippen LogP contribution < -0.4 is 5.32 Å². The standard InChI is InChI=1S/C20H21N5O3S/c1-13(2)28-19(27)15-4-6-16(7-5-15)22-17(26)12-29-20-24-23-18(25(20)3)14-8-10-21-11-9-14/h4-11,13H,12H2,1-3H3,(H,22,26). The molecule has 0 aliphatic carbocycles. The van der Waals surface area contributed by atoms with E-state index in [2.05, 4.69) is 20.5 Å². The molecule has 0 aliphatic rings. The first-order valence-corrected chi connectivity index (χ1v) is 9.96. The number of hydrogen-bond donors (Lipinski definition) is 1. The average molecular weight is 411 g/mol. The van der Waals surface area contributed by atoms with E-state index < -0.39 is 0 Å². The van der Waals surface area contributed by atoms with Crippen molar-refractivity contribution in [3.05, 3.63) is 54.4 Å². The quantitative estimate of drug-likeness (QED) is 0.471. The Morgan fingerprint density at radius 3 is 2.45 bits per heavy atom. The number of nitrogens with one attached hydrogen (secondary N) is 1. The fraction of sp³-hybridized carbons (Fsp3) is 0.250. The van der Waals surface area contributed by atoms with Gasteiger partial charge < -0.3 is 14.6 Å². The van der Waals surface area contributed by atoms with Crippen molar-refractivity contribution in [1.82, 2.24) is 19.7 Å². The van der Waals surface area contributed by atoms with Crippen molar-refractivity contribution in [3.8, 4) is 11.4 Å². The summed E-state index contributed by atoms with van der Waals surface area (Å²) in [4.78, 5) is 28.1. The SMILES string of the molecule is CC(C)OC(=O)c1ccc(NC(=O)CSc2nnc(-c3ccncc3)n2C)cc1. The highest BCUT2D eigenvalue weighted by atomic mass is 32.2. The van der Waals surface area contributed by atoms with E-state index in [1.165, 1.54) is 11.8 Å². The van der Waals surface area contributed by atoms with E-state index in [9.17, 15) is 9.59 Å². The molecule has 0 spiro atoms. The minimum atomic E-state index is -0.388. The van der Waals surface area contributed by atoms with Crippen LogP contribution >= 0.6 is 11.8 Å². The molecular weight excluding hydrogens is 390 g/mol. The van der Waals surface area contributed by atoms with Crippen LogP contribution in [0.5, 0.6) is 0 Å². The summed E-state index contributed by atoms with van der Waals surface area (Å²) < 4.78 is 6.98. The zero-order valence-electron chi connectivity index (χ0n) is 16.3. The molecule has 3 aromatic rings. The summed E-state index contributed by atoms with van der Waals surface area (Å²) >= 11 is 1.29. The highest BCUT2D eigenvalue weighted by Crippen LogP contribution is 2.22. The summed E-state index contributed by atoms with van der Waals surface area (Å²) in [6.07, 6.45) is 3.20. The number of carbonyl (C=O) groups is 2. The Balaban J connectivity index is 1.55. The van der Waals surface area contributed by atoms with E-state index >= 15 is 0 Å². The van der Waals surface area contributed by atoms with Crippen LogP contribution in [-0.4, -0.2) is 43.5 Å². The Kier molecular flexibility index (Phi) is 6.61. The van der Waals surface area contributed by atoms with Crippen molar-refractivity contribution in [3.63, 3.8) is 0 Å². The smallest absolute Gasteiger partial charge is 0.338 e. The van der Waals surface area contributed by atoms with E-state index in [0.29, 0.717) is 22.2 Å². The third kappa shape index (κ3) is 5.41. The molecule has 2 heterocycles. The van der Waals surface area contributed by atoms with Crippen molar-refractivity contribution in [2.24, 2.45) is 7.05 Å². The number of carbonyl (C=O) groups excluding carboxylic acids is 2. The van der Waals surface area contributed by atoms with Gasteiger partial charge in [0.25, 0.3) is 0 Å². The molecule has 0 radical (unpaired) electrons. The zero-order chi connectivity index (χ0) is 20.8. The predicted octanol–water partition coefficient (Wildman–Crippen LogP) is 3.17. The molecule has 0 bridgehead atoms. The number of rotatable bonds is 7. The van der Waals surface area contributed by atoms with Gasteiger partial charge in [0.05, 0.1) is 17.4 Å². The molecule has 29 heavy (non-hydrogen) atoms. The van der Waals surface area contributed by atoms with Crippen LogP contribution in [0.3, 0.4) is 0 Å². The number of ether oxygens (including phenoxy) is 1. The van der Waals surface area contributed by atoms with Gasteiger partial charge in [0.2, 0.25) is 5.91 Å². The minimum absolute atomic E-state index is 0.180. The number of thioether (sulfide) groups is 1. The molecular formula is C20H21N5O3S. The number of benzene rings is 1. The number of esters is 1. The summed E-state index contributed by atoms with van der Waals surface area (Å²) in [5.74, 6) is 0.320. The first kappa shape index (κ1) is 20.5. The Labute approximate surface area is 172 Å². The predicted molar refractivity (Wildman–Crippen MR) is 111 cm³/mol. The van der Waals surface area contributed by atoms with Crippen molar-refractivity contribution in [1.29, 1.82) is 0 Å². The van der Waals surface area contributed by atoms with Gasteiger partial charge >= 0.3 is 5.97 Å². The molecule has 0 aliphatic heterocycles. The van der Waals surface area contributed by atoms with E-state index in [0.717, 1.165) is 5.56 Å². The maximum absolute atomic E-state index is 12.2. The molecule has 0 atom stereocenters. The van der Waals surface area contributed by atoms with Gasteiger partial charge in [-0.15, -0.1) is 10.2 Å². The molecule has 1 N–H and O–H groups in total. The monoisotopic (exact) mass is 411 g/mol. The lowest BCUT2D eigenvalue weighted by atomic mass is 10.2. The average Bonchev–Trinajstić information content (AvgIpc) is 3.07. The van der Waals surface area contributed by atoms with Gasteiger partial charge in [-0.25, -0.2) is 4.79 Å². The van der Waals surface area contributed by atoms with Crippen LogP contribution in [0.1, 0.15) is 24.2 Å². The molecule has 9 heteroatoms. The second-order valence-corrected chi connectivity index (χ2v) is 7.41. The van der Waals surface area contributed by atoms with Crippen LogP contribution in [-0.2, 0) is 16.6 Å². The van der Waals surface area contributed by atoms with Gasteiger partial charge in [-0.3, -0.25) is 9.78 Å². The van der Waals surface area contributed by atoms with Crippen LogP contribution in [0.2, 0.25) is 0 Å². The van der Waals surface area contributed by atoms with Crippen molar-refractivity contribution in [2.45, 2.75) is 25.1 Å². The molecule has 1 amide bonds. The Hall–Kier alpha value is -3.20. The maximum atomic E-state index is 12.2.